The van der Waals surface area contributed by atoms with E-state index in [-0.39, 0.29) is 6.10 Å². The van der Waals surface area contributed by atoms with Crippen molar-refractivity contribution < 1.29 is 5.11 Å². The number of hydrogen-bond donors (Lipinski definition) is 2. The van der Waals surface area contributed by atoms with Crippen molar-refractivity contribution in [1.82, 2.24) is 15.1 Å². The van der Waals surface area contributed by atoms with E-state index in [2.05, 4.69) is 35.9 Å². The zero-order valence-electron chi connectivity index (χ0n) is 15.0. The molecule has 4 nitrogen and oxygen atoms in total. The van der Waals surface area contributed by atoms with Crippen LogP contribution in [0.3, 0.4) is 0 Å². The molecule has 0 saturated carbocycles. The van der Waals surface area contributed by atoms with Crippen LogP contribution in [0, 0.1) is 19.8 Å². The zero-order chi connectivity index (χ0) is 17.7. The zero-order valence-corrected chi connectivity index (χ0v) is 15.8. The van der Waals surface area contributed by atoms with Crippen molar-refractivity contribution in [2.75, 3.05) is 6.54 Å². The standard InChI is InChI=1S/C19H28ClN3O/c1-13(9-14(2)24)10-21-11-19-15(3)22-23(16(19)4)12-17-5-7-18(20)8-6-17/h5-8,13-14,21,24H,9-12H2,1-4H3. The van der Waals surface area contributed by atoms with Crippen molar-refractivity contribution in [3.8, 4) is 0 Å². The van der Waals surface area contributed by atoms with Crippen LogP contribution in [0.2, 0.25) is 5.02 Å². The molecule has 2 rings (SSSR count). The summed E-state index contributed by atoms with van der Waals surface area (Å²) in [6.07, 6.45) is 0.577. The first-order chi connectivity index (χ1) is 11.4. The molecule has 1 heterocycles. The van der Waals surface area contributed by atoms with Gasteiger partial charge in [-0.05, 0) is 57.4 Å². The van der Waals surface area contributed by atoms with E-state index in [1.807, 2.05) is 31.2 Å². The topological polar surface area (TPSA) is 50.1 Å². The van der Waals surface area contributed by atoms with Crippen molar-refractivity contribution in [3.63, 3.8) is 0 Å². The highest BCUT2D eigenvalue weighted by atomic mass is 35.5. The average Bonchev–Trinajstić information content (AvgIpc) is 2.76. The summed E-state index contributed by atoms with van der Waals surface area (Å²) in [4.78, 5) is 0. The van der Waals surface area contributed by atoms with Gasteiger partial charge in [0.1, 0.15) is 0 Å². The van der Waals surface area contributed by atoms with Gasteiger partial charge in [0.2, 0.25) is 0 Å². The first kappa shape index (κ1) is 19.0. The van der Waals surface area contributed by atoms with Gasteiger partial charge in [0.25, 0.3) is 0 Å². The molecule has 24 heavy (non-hydrogen) atoms. The van der Waals surface area contributed by atoms with Crippen LogP contribution in [-0.2, 0) is 13.1 Å². The fraction of sp³-hybridized carbons (Fsp3) is 0.526. The molecule has 0 radical (unpaired) electrons. The first-order valence-corrected chi connectivity index (χ1v) is 8.90. The maximum absolute atomic E-state index is 9.44. The molecule has 0 aliphatic carbocycles. The molecule has 0 aliphatic heterocycles. The Morgan fingerprint density at radius 1 is 1.21 bits per heavy atom. The minimum atomic E-state index is -0.243. The maximum atomic E-state index is 9.44. The summed E-state index contributed by atoms with van der Waals surface area (Å²) in [5, 5.41) is 18.4. The third-order valence-electron chi connectivity index (χ3n) is 4.32. The van der Waals surface area contributed by atoms with Gasteiger partial charge in [-0.1, -0.05) is 30.7 Å². The smallest absolute Gasteiger partial charge is 0.0662 e. The van der Waals surface area contributed by atoms with Crippen LogP contribution in [0.5, 0.6) is 0 Å². The lowest BCUT2D eigenvalue weighted by Gasteiger charge is -2.14. The lowest BCUT2D eigenvalue weighted by atomic mass is 10.0. The summed E-state index contributed by atoms with van der Waals surface area (Å²) >= 11 is 5.94. The fourth-order valence-corrected chi connectivity index (χ4v) is 3.14. The molecule has 1 aromatic carbocycles. The summed E-state index contributed by atoms with van der Waals surface area (Å²) in [6, 6.07) is 7.89. The van der Waals surface area contributed by atoms with Gasteiger partial charge in [-0.3, -0.25) is 4.68 Å². The van der Waals surface area contributed by atoms with E-state index in [0.717, 1.165) is 36.8 Å². The van der Waals surface area contributed by atoms with Crippen LogP contribution in [0.15, 0.2) is 24.3 Å². The average molecular weight is 350 g/mol. The molecular weight excluding hydrogens is 322 g/mol. The van der Waals surface area contributed by atoms with E-state index < -0.39 is 0 Å². The number of rotatable bonds is 8. The highest BCUT2D eigenvalue weighted by molar-refractivity contribution is 6.30. The normalized spacial score (nSPS) is 13.9. The number of nitrogens with zero attached hydrogens (tertiary/aromatic N) is 2. The SMILES string of the molecule is Cc1nn(Cc2ccc(Cl)cc2)c(C)c1CNCC(C)CC(C)O. The van der Waals surface area contributed by atoms with Crippen LogP contribution in [0.25, 0.3) is 0 Å². The second kappa shape index (κ2) is 8.65. The molecule has 2 N–H and O–H groups in total. The predicted octanol–water partition coefficient (Wildman–Crippen LogP) is 3.70. The van der Waals surface area contributed by atoms with Crippen LogP contribution in [0.1, 0.15) is 42.8 Å². The van der Waals surface area contributed by atoms with Gasteiger partial charge in [0.05, 0.1) is 18.3 Å². The lowest BCUT2D eigenvalue weighted by molar-refractivity contribution is 0.163. The Kier molecular flexibility index (Phi) is 6.84. The molecule has 2 unspecified atom stereocenters. The monoisotopic (exact) mass is 349 g/mol. The molecule has 1 aromatic heterocycles. The number of aryl methyl sites for hydroxylation is 1. The summed E-state index contributed by atoms with van der Waals surface area (Å²) in [7, 11) is 0. The summed E-state index contributed by atoms with van der Waals surface area (Å²) in [5.74, 6) is 0.453. The van der Waals surface area contributed by atoms with Crippen molar-refractivity contribution in [2.45, 2.75) is 53.3 Å². The van der Waals surface area contributed by atoms with E-state index in [0.29, 0.717) is 5.92 Å². The van der Waals surface area contributed by atoms with Crippen molar-refractivity contribution >= 4 is 11.6 Å². The number of hydrogen-bond acceptors (Lipinski definition) is 3. The van der Waals surface area contributed by atoms with Gasteiger partial charge in [-0.15, -0.1) is 0 Å². The number of aliphatic hydroxyl groups is 1. The second-order valence-electron chi connectivity index (χ2n) is 6.75. The molecule has 5 heteroatoms. The van der Waals surface area contributed by atoms with Gasteiger partial charge >= 0.3 is 0 Å². The predicted molar refractivity (Wildman–Crippen MR) is 99.4 cm³/mol. The summed E-state index contributed by atoms with van der Waals surface area (Å²) in [5.41, 5.74) is 4.71. The molecular formula is C19H28ClN3O. The van der Waals surface area contributed by atoms with Gasteiger partial charge in [-0.2, -0.15) is 5.10 Å². The highest BCUT2D eigenvalue weighted by Gasteiger charge is 2.12. The van der Waals surface area contributed by atoms with Crippen LogP contribution in [0.4, 0.5) is 0 Å². The molecule has 0 saturated heterocycles. The molecule has 2 aromatic rings. The highest BCUT2D eigenvalue weighted by Crippen LogP contribution is 2.16. The first-order valence-electron chi connectivity index (χ1n) is 8.53. The molecule has 0 aliphatic rings. The second-order valence-corrected chi connectivity index (χ2v) is 7.19. The van der Waals surface area contributed by atoms with Gasteiger partial charge in [0.15, 0.2) is 0 Å². The molecule has 0 amide bonds. The van der Waals surface area contributed by atoms with E-state index >= 15 is 0 Å². The summed E-state index contributed by atoms with van der Waals surface area (Å²) in [6.45, 7) is 10.6. The number of halogens is 1. The quantitative estimate of drug-likeness (QED) is 0.764. The van der Waals surface area contributed by atoms with Crippen molar-refractivity contribution in [2.24, 2.45) is 5.92 Å². The maximum Gasteiger partial charge on any atom is 0.0662 e. The van der Waals surface area contributed by atoms with Crippen molar-refractivity contribution in [3.05, 3.63) is 51.8 Å². The third kappa shape index (κ3) is 5.33. The molecule has 0 bridgehead atoms. The van der Waals surface area contributed by atoms with Gasteiger partial charge in [-0.25, -0.2) is 0 Å². The Morgan fingerprint density at radius 2 is 1.88 bits per heavy atom. The molecule has 132 valence electrons. The lowest BCUT2D eigenvalue weighted by Crippen LogP contribution is -2.23. The van der Waals surface area contributed by atoms with E-state index in [9.17, 15) is 5.11 Å². The van der Waals surface area contributed by atoms with Crippen molar-refractivity contribution in [1.29, 1.82) is 0 Å². The van der Waals surface area contributed by atoms with Crippen LogP contribution >= 0.6 is 11.6 Å². The number of benzene rings is 1. The molecule has 2 atom stereocenters. The largest absolute Gasteiger partial charge is 0.393 e. The minimum Gasteiger partial charge on any atom is -0.393 e. The van der Waals surface area contributed by atoms with Gasteiger partial charge < -0.3 is 10.4 Å². The van der Waals surface area contributed by atoms with Crippen LogP contribution in [-0.4, -0.2) is 27.5 Å². The molecule has 0 spiro atoms. The van der Waals surface area contributed by atoms with E-state index in [1.54, 1.807) is 0 Å². The molecule has 0 fully saturated rings. The fourth-order valence-electron chi connectivity index (χ4n) is 3.02. The Morgan fingerprint density at radius 3 is 2.50 bits per heavy atom. The summed E-state index contributed by atoms with van der Waals surface area (Å²) < 4.78 is 2.05. The minimum absolute atomic E-state index is 0.243. The third-order valence-corrected chi connectivity index (χ3v) is 4.57. The Labute approximate surface area is 149 Å². The number of aliphatic hydroxyl groups excluding tert-OH is 1. The van der Waals surface area contributed by atoms with E-state index in [4.69, 9.17) is 11.6 Å². The van der Waals surface area contributed by atoms with Gasteiger partial charge in [0, 0.05) is 22.8 Å². The van der Waals surface area contributed by atoms with E-state index in [1.165, 1.54) is 16.8 Å². The Hall–Kier alpha value is -1.36. The van der Waals surface area contributed by atoms with Crippen LogP contribution < -0.4 is 5.32 Å². The Bertz CT molecular complexity index is 649. The number of nitrogens with one attached hydrogen (secondary N) is 1. The Balaban J connectivity index is 1.97. The number of aromatic nitrogens is 2.